The van der Waals surface area contributed by atoms with Crippen LogP contribution in [0.5, 0.6) is 0 Å². The van der Waals surface area contributed by atoms with Gasteiger partial charge in [-0.3, -0.25) is 9.59 Å². The van der Waals surface area contributed by atoms with E-state index in [-0.39, 0.29) is 12.3 Å². The summed E-state index contributed by atoms with van der Waals surface area (Å²) in [7, 11) is -3.34. The van der Waals surface area contributed by atoms with Crippen LogP contribution in [0.4, 0.5) is 0 Å². The van der Waals surface area contributed by atoms with Crippen LogP contribution in [0, 0.1) is 5.92 Å². The molecule has 0 aromatic rings. The fraction of sp³-hybridized carbons (Fsp3) is 0.800. The van der Waals surface area contributed by atoms with E-state index in [0.717, 1.165) is 0 Å². The molecule has 98 valence electrons. The number of aliphatic carboxylic acids is 1. The Hall–Kier alpha value is -1.11. The Morgan fingerprint density at radius 2 is 2.06 bits per heavy atom. The molecule has 0 aliphatic carbocycles. The van der Waals surface area contributed by atoms with Crippen LogP contribution in [0.25, 0.3) is 0 Å². The molecule has 1 rings (SSSR count). The second kappa shape index (κ2) is 5.48. The Labute approximate surface area is 101 Å². The van der Waals surface area contributed by atoms with Crippen molar-refractivity contribution in [2.45, 2.75) is 19.8 Å². The number of piperidine rings is 1. The largest absolute Gasteiger partial charge is 0.481 e. The summed E-state index contributed by atoms with van der Waals surface area (Å²) in [5.41, 5.74) is 0. The van der Waals surface area contributed by atoms with Crippen LogP contribution in [0.3, 0.4) is 0 Å². The lowest BCUT2D eigenvalue weighted by Gasteiger charge is -2.30. The van der Waals surface area contributed by atoms with E-state index >= 15 is 0 Å². The van der Waals surface area contributed by atoms with E-state index in [4.69, 9.17) is 5.11 Å². The normalized spacial score (nSPS) is 21.2. The van der Waals surface area contributed by atoms with E-state index in [2.05, 4.69) is 0 Å². The zero-order valence-corrected chi connectivity index (χ0v) is 10.6. The first-order valence-electron chi connectivity index (χ1n) is 5.56. The molecule has 0 aromatic heterocycles. The van der Waals surface area contributed by atoms with Gasteiger partial charge in [0.15, 0.2) is 9.84 Å². The summed E-state index contributed by atoms with van der Waals surface area (Å²) in [6.45, 7) is 2.05. The van der Waals surface area contributed by atoms with Gasteiger partial charge in [0.05, 0.1) is 5.92 Å². The summed E-state index contributed by atoms with van der Waals surface area (Å²) in [6, 6.07) is 0. The standard InChI is InChI=1S/C10H17NO5S/c1-2-17(15,16)7-9(12)11-5-3-4-8(6-11)10(13)14/h8H,2-7H2,1H3,(H,13,14)/t8-/m0/s1. The van der Waals surface area contributed by atoms with E-state index in [9.17, 15) is 18.0 Å². The number of amides is 1. The molecule has 0 bridgehead atoms. The van der Waals surface area contributed by atoms with Crippen molar-refractivity contribution in [1.29, 1.82) is 0 Å². The lowest BCUT2D eigenvalue weighted by molar-refractivity contribution is -0.145. The van der Waals surface area contributed by atoms with E-state index in [0.29, 0.717) is 19.4 Å². The molecule has 1 heterocycles. The second-order valence-corrected chi connectivity index (χ2v) is 6.55. The first-order valence-corrected chi connectivity index (χ1v) is 7.39. The van der Waals surface area contributed by atoms with Crippen LogP contribution in [-0.4, -0.2) is 54.9 Å². The van der Waals surface area contributed by atoms with Crippen molar-refractivity contribution in [3.05, 3.63) is 0 Å². The van der Waals surface area contributed by atoms with Crippen LogP contribution in [-0.2, 0) is 19.4 Å². The van der Waals surface area contributed by atoms with Gasteiger partial charge in [-0.05, 0) is 12.8 Å². The van der Waals surface area contributed by atoms with Gasteiger partial charge in [0.1, 0.15) is 5.75 Å². The summed E-state index contributed by atoms with van der Waals surface area (Å²) < 4.78 is 22.6. The number of hydrogen-bond acceptors (Lipinski definition) is 4. The Morgan fingerprint density at radius 3 is 2.59 bits per heavy atom. The fourth-order valence-corrected chi connectivity index (χ4v) is 2.55. The molecular weight excluding hydrogens is 246 g/mol. The van der Waals surface area contributed by atoms with Gasteiger partial charge in [0, 0.05) is 18.8 Å². The second-order valence-electron chi connectivity index (χ2n) is 4.19. The van der Waals surface area contributed by atoms with Gasteiger partial charge >= 0.3 is 5.97 Å². The Kier molecular flexibility index (Phi) is 4.50. The minimum Gasteiger partial charge on any atom is -0.481 e. The lowest BCUT2D eigenvalue weighted by Crippen LogP contribution is -2.44. The van der Waals surface area contributed by atoms with Gasteiger partial charge in [-0.1, -0.05) is 6.92 Å². The van der Waals surface area contributed by atoms with Gasteiger partial charge in [0.2, 0.25) is 5.91 Å². The SMILES string of the molecule is CCS(=O)(=O)CC(=O)N1CCC[C@H](C(=O)O)C1. The van der Waals surface area contributed by atoms with E-state index in [1.54, 1.807) is 0 Å². The summed E-state index contributed by atoms with van der Waals surface area (Å²) in [5.74, 6) is -2.58. The molecule has 0 saturated carbocycles. The van der Waals surface area contributed by atoms with Gasteiger partial charge < -0.3 is 10.0 Å². The third kappa shape index (κ3) is 3.99. The predicted octanol–water partition coefficient (Wildman–Crippen LogP) is -0.256. The quantitative estimate of drug-likeness (QED) is 0.754. The number of carbonyl (C=O) groups excluding carboxylic acids is 1. The molecule has 7 heteroatoms. The molecular formula is C10H17NO5S. The van der Waals surface area contributed by atoms with Crippen LogP contribution in [0.2, 0.25) is 0 Å². The number of nitrogens with zero attached hydrogens (tertiary/aromatic N) is 1. The number of carbonyl (C=O) groups is 2. The molecule has 0 spiro atoms. The molecule has 1 amide bonds. The van der Waals surface area contributed by atoms with Crippen molar-refractivity contribution < 1.29 is 23.1 Å². The highest BCUT2D eigenvalue weighted by atomic mass is 32.2. The summed E-state index contributed by atoms with van der Waals surface area (Å²) in [5, 5.41) is 8.86. The number of likely N-dealkylation sites (tertiary alicyclic amines) is 1. The zero-order chi connectivity index (χ0) is 13.1. The van der Waals surface area contributed by atoms with Crippen molar-refractivity contribution in [1.82, 2.24) is 4.90 Å². The smallest absolute Gasteiger partial charge is 0.308 e. The van der Waals surface area contributed by atoms with Crippen molar-refractivity contribution in [2.75, 3.05) is 24.6 Å². The Morgan fingerprint density at radius 1 is 1.41 bits per heavy atom. The van der Waals surface area contributed by atoms with Crippen LogP contribution in [0.1, 0.15) is 19.8 Å². The molecule has 1 N–H and O–H groups in total. The van der Waals surface area contributed by atoms with Gasteiger partial charge in [0.25, 0.3) is 0 Å². The van der Waals surface area contributed by atoms with E-state index in [1.165, 1.54) is 11.8 Å². The van der Waals surface area contributed by atoms with Crippen LogP contribution >= 0.6 is 0 Å². The van der Waals surface area contributed by atoms with Crippen molar-refractivity contribution >= 4 is 21.7 Å². The average Bonchev–Trinajstić information content (AvgIpc) is 2.28. The first kappa shape index (κ1) is 14.0. The number of carboxylic acids is 1. The number of carboxylic acid groups (broad SMARTS) is 1. The third-order valence-electron chi connectivity index (χ3n) is 2.91. The highest BCUT2D eigenvalue weighted by Gasteiger charge is 2.29. The molecule has 1 atom stereocenters. The molecule has 1 fully saturated rings. The van der Waals surface area contributed by atoms with E-state index in [1.807, 2.05) is 0 Å². The van der Waals surface area contributed by atoms with Crippen LogP contribution < -0.4 is 0 Å². The number of hydrogen-bond donors (Lipinski definition) is 1. The maximum Gasteiger partial charge on any atom is 0.308 e. The molecule has 17 heavy (non-hydrogen) atoms. The molecule has 0 aromatic carbocycles. The molecule has 6 nitrogen and oxygen atoms in total. The minimum absolute atomic E-state index is 0.0745. The molecule has 0 radical (unpaired) electrons. The molecule has 1 aliphatic rings. The van der Waals surface area contributed by atoms with Crippen molar-refractivity contribution in [2.24, 2.45) is 5.92 Å². The Balaban J connectivity index is 2.61. The average molecular weight is 263 g/mol. The molecule has 1 saturated heterocycles. The highest BCUT2D eigenvalue weighted by molar-refractivity contribution is 7.92. The van der Waals surface area contributed by atoms with Crippen molar-refractivity contribution in [3.63, 3.8) is 0 Å². The summed E-state index contributed by atoms with van der Waals surface area (Å²) >= 11 is 0. The predicted molar refractivity (Wildman–Crippen MR) is 61.3 cm³/mol. The monoisotopic (exact) mass is 263 g/mol. The highest BCUT2D eigenvalue weighted by Crippen LogP contribution is 2.17. The topological polar surface area (TPSA) is 91.8 Å². The summed E-state index contributed by atoms with van der Waals surface area (Å²) in [4.78, 5) is 23.8. The number of rotatable bonds is 4. The first-order chi connectivity index (χ1) is 7.85. The van der Waals surface area contributed by atoms with Crippen LogP contribution in [0.15, 0.2) is 0 Å². The molecule has 1 aliphatic heterocycles. The third-order valence-corrected chi connectivity index (χ3v) is 4.47. The van der Waals surface area contributed by atoms with E-state index < -0.39 is 33.4 Å². The van der Waals surface area contributed by atoms with Gasteiger partial charge in [-0.25, -0.2) is 8.42 Å². The minimum atomic E-state index is -3.34. The van der Waals surface area contributed by atoms with Gasteiger partial charge in [-0.15, -0.1) is 0 Å². The maximum absolute atomic E-state index is 11.7. The maximum atomic E-state index is 11.7. The zero-order valence-electron chi connectivity index (χ0n) is 9.76. The lowest BCUT2D eigenvalue weighted by atomic mass is 9.98. The summed E-state index contributed by atoms with van der Waals surface area (Å²) in [6.07, 6.45) is 1.15. The Bertz CT molecular complexity index is 403. The fourth-order valence-electron chi connectivity index (χ4n) is 1.79. The van der Waals surface area contributed by atoms with Gasteiger partial charge in [-0.2, -0.15) is 0 Å². The van der Waals surface area contributed by atoms with Crippen molar-refractivity contribution in [3.8, 4) is 0 Å². The molecule has 0 unspecified atom stereocenters. The number of sulfone groups is 1.